The van der Waals surface area contributed by atoms with Gasteiger partial charge in [0.1, 0.15) is 0 Å². The van der Waals surface area contributed by atoms with E-state index in [9.17, 15) is 0 Å². The first-order chi connectivity index (χ1) is 8.26. The summed E-state index contributed by atoms with van der Waals surface area (Å²) in [4.78, 5) is 1.30. The Bertz CT molecular complexity index is 425. The van der Waals surface area contributed by atoms with Gasteiger partial charge >= 0.3 is 0 Å². The van der Waals surface area contributed by atoms with Gasteiger partial charge in [-0.15, -0.1) is 6.58 Å². The minimum atomic E-state index is 0.591. The largest absolute Gasteiger partial charge is 0.330 e. The summed E-state index contributed by atoms with van der Waals surface area (Å²) < 4.78 is 3.37. The van der Waals surface area contributed by atoms with Crippen molar-refractivity contribution in [2.24, 2.45) is 11.8 Å². The van der Waals surface area contributed by atoms with Gasteiger partial charge in [-0.2, -0.15) is 0 Å². The number of hydrogen-bond donors (Lipinski definition) is 1. The molecule has 17 heavy (non-hydrogen) atoms. The number of aryl methyl sites for hydroxylation is 1. The van der Waals surface area contributed by atoms with Crippen molar-refractivity contribution in [3.8, 4) is 0 Å². The average molecular weight is 245 g/mol. The molecule has 0 saturated heterocycles. The van der Waals surface area contributed by atoms with E-state index in [2.05, 4.69) is 49.1 Å². The fraction of sp³-hybridized carbons (Fsp3) is 0.333. The lowest BCUT2D eigenvalue weighted by atomic mass is 10.2. The number of rotatable bonds is 6. The van der Waals surface area contributed by atoms with Crippen molar-refractivity contribution in [3.05, 3.63) is 54.8 Å². The number of benzene rings is 1. The van der Waals surface area contributed by atoms with Crippen molar-refractivity contribution in [2.75, 3.05) is 0 Å². The second-order valence-corrected chi connectivity index (χ2v) is 5.28. The van der Waals surface area contributed by atoms with Crippen LogP contribution in [0.4, 0.5) is 0 Å². The molecular weight excluding hydrogens is 226 g/mol. The van der Waals surface area contributed by atoms with Crippen molar-refractivity contribution in [3.63, 3.8) is 0 Å². The zero-order valence-corrected chi connectivity index (χ0v) is 11.1. The van der Waals surface area contributed by atoms with Crippen LogP contribution in [0.25, 0.3) is 0 Å². The highest BCUT2D eigenvalue weighted by Crippen LogP contribution is 2.44. The summed E-state index contributed by atoms with van der Waals surface area (Å²) in [6, 6.07) is 8.50. The third kappa shape index (κ3) is 2.95. The van der Waals surface area contributed by atoms with Crippen molar-refractivity contribution >= 4 is 11.9 Å². The molecule has 1 saturated carbocycles. The Hall–Kier alpha value is -1.15. The molecule has 1 fully saturated rings. The highest BCUT2D eigenvalue weighted by Gasteiger charge is 2.36. The molecule has 0 aliphatic heterocycles. The van der Waals surface area contributed by atoms with Gasteiger partial charge in [0.05, 0.1) is 0 Å². The monoisotopic (exact) mass is 245 g/mol. The third-order valence-corrected chi connectivity index (χ3v) is 4.22. The maximum absolute atomic E-state index is 4.11. The van der Waals surface area contributed by atoms with Gasteiger partial charge in [0.25, 0.3) is 0 Å². The molecule has 0 amide bonds. The summed E-state index contributed by atoms with van der Waals surface area (Å²) in [5, 5.41) is 0. The SMILES string of the molecule is C=CC1CC1C(=C)NSc1ccccc1CC. The minimum absolute atomic E-state index is 0.591. The maximum Gasteiger partial charge on any atom is 0.0316 e. The molecule has 90 valence electrons. The quantitative estimate of drug-likeness (QED) is 0.596. The molecule has 0 bridgehead atoms. The predicted octanol–water partition coefficient (Wildman–Crippen LogP) is 4.18. The summed E-state index contributed by atoms with van der Waals surface area (Å²) in [7, 11) is 0. The molecule has 1 aromatic rings. The Kier molecular flexibility index (Phi) is 3.95. The lowest BCUT2D eigenvalue weighted by Gasteiger charge is -2.10. The van der Waals surface area contributed by atoms with Gasteiger partial charge in [0, 0.05) is 16.5 Å². The van der Waals surface area contributed by atoms with Gasteiger partial charge < -0.3 is 4.72 Å². The highest BCUT2D eigenvalue weighted by atomic mass is 32.2. The molecule has 2 heteroatoms. The van der Waals surface area contributed by atoms with Crippen LogP contribution in [0.15, 0.2) is 54.1 Å². The first kappa shape index (κ1) is 12.3. The van der Waals surface area contributed by atoms with E-state index >= 15 is 0 Å². The van der Waals surface area contributed by atoms with Crippen LogP contribution in [0.3, 0.4) is 0 Å². The molecular formula is C15H19NS. The summed E-state index contributed by atoms with van der Waals surface area (Å²) in [5.74, 6) is 1.23. The first-order valence-corrected chi connectivity index (χ1v) is 6.90. The Morgan fingerprint density at radius 3 is 2.94 bits per heavy atom. The van der Waals surface area contributed by atoms with Crippen LogP contribution in [-0.4, -0.2) is 0 Å². The maximum atomic E-state index is 4.11. The summed E-state index contributed by atoms with van der Waals surface area (Å²) in [6.45, 7) is 10.1. The summed E-state index contributed by atoms with van der Waals surface area (Å²) >= 11 is 1.68. The van der Waals surface area contributed by atoms with Gasteiger partial charge in [-0.25, -0.2) is 0 Å². The fourth-order valence-electron chi connectivity index (χ4n) is 1.97. The van der Waals surface area contributed by atoms with Crippen molar-refractivity contribution in [1.29, 1.82) is 0 Å². The number of hydrogen-bond acceptors (Lipinski definition) is 2. The van der Waals surface area contributed by atoms with Crippen LogP contribution in [0.2, 0.25) is 0 Å². The van der Waals surface area contributed by atoms with Crippen LogP contribution < -0.4 is 4.72 Å². The Labute approximate surface area is 108 Å². The Morgan fingerprint density at radius 2 is 2.29 bits per heavy atom. The van der Waals surface area contributed by atoms with Gasteiger partial charge in [0.2, 0.25) is 0 Å². The van der Waals surface area contributed by atoms with Gasteiger partial charge in [-0.1, -0.05) is 37.8 Å². The van der Waals surface area contributed by atoms with E-state index in [1.165, 1.54) is 16.9 Å². The van der Waals surface area contributed by atoms with Crippen molar-refractivity contribution in [2.45, 2.75) is 24.7 Å². The van der Waals surface area contributed by atoms with Gasteiger partial charge in [-0.3, -0.25) is 0 Å². The van der Waals surface area contributed by atoms with Gasteiger partial charge in [-0.05, 0) is 42.3 Å². The zero-order valence-electron chi connectivity index (χ0n) is 10.3. The molecule has 2 rings (SSSR count). The summed E-state index contributed by atoms with van der Waals surface area (Å²) in [5.41, 5.74) is 2.51. The molecule has 0 radical (unpaired) electrons. The molecule has 1 nitrogen and oxygen atoms in total. The van der Waals surface area contributed by atoms with Crippen LogP contribution >= 0.6 is 11.9 Å². The second kappa shape index (κ2) is 5.46. The van der Waals surface area contributed by atoms with Crippen LogP contribution in [-0.2, 0) is 6.42 Å². The topological polar surface area (TPSA) is 12.0 Å². The smallest absolute Gasteiger partial charge is 0.0316 e. The van der Waals surface area contributed by atoms with Crippen LogP contribution in [0.5, 0.6) is 0 Å². The molecule has 1 aliphatic carbocycles. The van der Waals surface area contributed by atoms with E-state index in [1.807, 2.05) is 6.08 Å². The zero-order chi connectivity index (χ0) is 12.3. The van der Waals surface area contributed by atoms with E-state index in [0.29, 0.717) is 11.8 Å². The molecule has 2 unspecified atom stereocenters. The van der Waals surface area contributed by atoms with E-state index in [0.717, 1.165) is 12.1 Å². The predicted molar refractivity (Wildman–Crippen MR) is 75.7 cm³/mol. The lowest BCUT2D eigenvalue weighted by molar-refractivity contribution is 0.885. The first-order valence-electron chi connectivity index (χ1n) is 6.08. The third-order valence-electron chi connectivity index (χ3n) is 3.24. The highest BCUT2D eigenvalue weighted by molar-refractivity contribution is 7.97. The molecule has 1 N–H and O–H groups in total. The molecule has 2 atom stereocenters. The fourth-order valence-corrected chi connectivity index (χ4v) is 2.85. The van der Waals surface area contributed by atoms with Crippen LogP contribution in [0, 0.1) is 11.8 Å². The van der Waals surface area contributed by atoms with Crippen molar-refractivity contribution < 1.29 is 0 Å². The Balaban J connectivity index is 1.89. The molecule has 1 aliphatic rings. The normalized spacial score (nSPS) is 21.9. The van der Waals surface area contributed by atoms with Crippen LogP contribution in [0.1, 0.15) is 18.9 Å². The van der Waals surface area contributed by atoms with Crippen molar-refractivity contribution in [1.82, 2.24) is 4.72 Å². The Morgan fingerprint density at radius 1 is 1.53 bits per heavy atom. The average Bonchev–Trinajstić information content (AvgIpc) is 3.15. The lowest BCUT2D eigenvalue weighted by Crippen LogP contribution is -2.05. The minimum Gasteiger partial charge on any atom is -0.330 e. The van der Waals surface area contributed by atoms with E-state index in [1.54, 1.807) is 11.9 Å². The van der Waals surface area contributed by atoms with Gasteiger partial charge in [0.15, 0.2) is 0 Å². The molecule has 1 aromatic carbocycles. The molecule has 0 heterocycles. The van der Waals surface area contributed by atoms with E-state index in [4.69, 9.17) is 0 Å². The number of nitrogens with one attached hydrogen (secondary N) is 1. The standard InChI is InChI=1S/C15H19NS/c1-4-12-8-6-7-9-15(12)17-16-11(3)14-10-13(14)5-2/h5-9,13-14,16H,2-4,10H2,1H3. The van der Waals surface area contributed by atoms with E-state index in [-0.39, 0.29) is 0 Å². The second-order valence-electron chi connectivity index (χ2n) is 4.43. The summed E-state index contributed by atoms with van der Waals surface area (Å²) in [6.07, 6.45) is 4.30. The molecule has 0 aromatic heterocycles. The van der Waals surface area contributed by atoms with E-state index < -0.39 is 0 Å². The number of allylic oxidation sites excluding steroid dienone is 2. The molecule has 0 spiro atoms.